The maximum absolute atomic E-state index is 9.17. The van der Waals surface area contributed by atoms with Gasteiger partial charge < -0.3 is 14.4 Å². The van der Waals surface area contributed by atoms with Crippen LogP contribution in [0.3, 0.4) is 0 Å². The zero-order valence-corrected chi connectivity index (χ0v) is 7.38. The molecule has 1 fully saturated rings. The van der Waals surface area contributed by atoms with E-state index in [4.69, 9.17) is 4.74 Å². The van der Waals surface area contributed by atoms with Gasteiger partial charge in [-0.3, -0.25) is 0 Å². The first-order valence-electron chi connectivity index (χ1n) is 4.01. The lowest BCUT2D eigenvalue weighted by Gasteiger charge is -2.21. The fraction of sp³-hybridized carbons (Fsp3) is 0.875. The number of nitrogens with zero attached hydrogens (tertiary/aromatic N) is 1. The molecule has 3 heteroatoms. The van der Waals surface area contributed by atoms with Crippen LogP contribution in [0.25, 0.3) is 0 Å². The summed E-state index contributed by atoms with van der Waals surface area (Å²) in [4.78, 5) is 11.4. The van der Waals surface area contributed by atoms with Crippen LogP contribution in [0.4, 0.5) is 0 Å². The zero-order chi connectivity index (χ0) is 8.53. The quantitative estimate of drug-likeness (QED) is 0.523. The smallest absolute Gasteiger partial charge is 0.119 e. The van der Waals surface area contributed by atoms with Crippen LogP contribution >= 0.6 is 0 Å². The Labute approximate surface area is 68.3 Å². The normalized spacial score (nSPS) is 18.4. The van der Waals surface area contributed by atoms with Gasteiger partial charge in [0.25, 0.3) is 0 Å². The lowest BCUT2D eigenvalue weighted by molar-refractivity contribution is -0.107. The molecular formula is C8H17NO2. The van der Waals surface area contributed by atoms with Crippen LogP contribution < -0.4 is 0 Å². The topological polar surface area (TPSA) is 29.5 Å². The van der Waals surface area contributed by atoms with E-state index >= 15 is 0 Å². The van der Waals surface area contributed by atoms with Gasteiger partial charge in [-0.05, 0) is 7.05 Å². The molecule has 0 aromatic rings. The van der Waals surface area contributed by atoms with Crippen LogP contribution in [-0.2, 0) is 9.53 Å². The highest BCUT2D eigenvalue weighted by Gasteiger charge is 2.02. The Bertz CT molecular complexity index is 90.1. The fourth-order valence-electron chi connectivity index (χ4n) is 0.655. The Kier molecular flexibility index (Phi) is 7.41. The molecule has 0 aromatic carbocycles. The van der Waals surface area contributed by atoms with Crippen molar-refractivity contribution in [3.63, 3.8) is 0 Å². The van der Waals surface area contributed by atoms with Crippen LogP contribution in [0.1, 0.15) is 13.3 Å². The summed E-state index contributed by atoms with van der Waals surface area (Å²) in [6.07, 6.45) is 1.51. The van der Waals surface area contributed by atoms with Gasteiger partial charge in [0.15, 0.2) is 0 Å². The van der Waals surface area contributed by atoms with Gasteiger partial charge in [0.1, 0.15) is 6.29 Å². The highest BCUT2D eigenvalue weighted by Crippen LogP contribution is 1.89. The first-order valence-corrected chi connectivity index (χ1v) is 4.01. The molecule has 1 heterocycles. The Morgan fingerprint density at radius 1 is 1.45 bits per heavy atom. The average molecular weight is 159 g/mol. The van der Waals surface area contributed by atoms with Crippen molar-refractivity contribution in [1.82, 2.24) is 4.90 Å². The second kappa shape index (κ2) is 7.69. The predicted octanol–water partition coefficient (Wildman–Crippen LogP) is 0.544. The minimum atomic E-state index is 0.639. The van der Waals surface area contributed by atoms with E-state index in [-0.39, 0.29) is 0 Å². The molecule has 0 N–H and O–H groups in total. The lowest BCUT2D eigenvalue weighted by atomic mass is 10.5. The minimum Gasteiger partial charge on any atom is -0.379 e. The van der Waals surface area contributed by atoms with Crippen molar-refractivity contribution in [2.24, 2.45) is 0 Å². The van der Waals surface area contributed by atoms with Gasteiger partial charge in [0.2, 0.25) is 0 Å². The molecule has 0 atom stereocenters. The average Bonchev–Trinajstić information content (AvgIpc) is 2.07. The first-order chi connectivity index (χ1) is 5.31. The van der Waals surface area contributed by atoms with Gasteiger partial charge in [-0.2, -0.15) is 0 Å². The van der Waals surface area contributed by atoms with Crippen LogP contribution in [0.15, 0.2) is 0 Å². The molecular weight excluding hydrogens is 142 g/mol. The molecule has 0 spiro atoms. The molecule has 3 nitrogen and oxygen atoms in total. The Balaban J connectivity index is 0.000000218. The molecule has 0 radical (unpaired) electrons. The molecule has 0 saturated carbocycles. The Hall–Kier alpha value is -0.410. The molecule has 66 valence electrons. The van der Waals surface area contributed by atoms with Crippen LogP contribution in [0.2, 0.25) is 0 Å². The fourth-order valence-corrected chi connectivity index (χ4v) is 0.655. The van der Waals surface area contributed by atoms with Gasteiger partial charge >= 0.3 is 0 Å². The van der Waals surface area contributed by atoms with Crippen molar-refractivity contribution in [1.29, 1.82) is 0 Å². The predicted molar refractivity (Wildman–Crippen MR) is 44.7 cm³/mol. The van der Waals surface area contributed by atoms with Gasteiger partial charge in [-0.15, -0.1) is 0 Å². The van der Waals surface area contributed by atoms with Crippen molar-refractivity contribution in [2.45, 2.75) is 13.3 Å². The number of morpholine rings is 1. The minimum absolute atomic E-state index is 0.639. The molecule has 11 heavy (non-hydrogen) atoms. The maximum Gasteiger partial charge on any atom is 0.119 e. The molecule has 0 amide bonds. The molecule has 0 aromatic heterocycles. The summed E-state index contributed by atoms with van der Waals surface area (Å²) < 4.78 is 5.10. The van der Waals surface area contributed by atoms with Crippen molar-refractivity contribution in [3.8, 4) is 0 Å². The Morgan fingerprint density at radius 2 is 1.91 bits per heavy atom. The third-order valence-corrected chi connectivity index (χ3v) is 1.40. The summed E-state index contributed by atoms with van der Waals surface area (Å²) in [6.45, 7) is 5.83. The van der Waals surface area contributed by atoms with Crippen LogP contribution in [-0.4, -0.2) is 44.5 Å². The number of likely N-dealkylation sites (N-methyl/N-ethyl adjacent to an activating group) is 1. The summed E-state index contributed by atoms with van der Waals surface area (Å²) >= 11 is 0. The number of hydrogen-bond donors (Lipinski definition) is 0. The van der Waals surface area contributed by atoms with E-state index in [0.717, 1.165) is 32.6 Å². The summed E-state index contributed by atoms with van der Waals surface area (Å²) in [5, 5.41) is 0. The first kappa shape index (κ1) is 10.6. The van der Waals surface area contributed by atoms with Crippen molar-refractivity contribution in [2.75, 3.05) is 33.4 Å². The number of hydrogen-bond acceptors (Lipinski definition) is 3. The SMILES string of the molecule is CCC=O.CN1CCOCC1. The standard InChI is InChI=1S/C5H11NO.C3H6O/c1-6-2-4-7-5-3-6;1-2-3-4/h2-5H2,1H3;3H,2H2,1H3. The monoisotopic (exact) mass is 159 g/mol. The van der Waals surface area contributed by atoms with Crippen LogP contribution in [0, 0.1) is 0 Å². The third kappa shape index (κ3) is 7.49. The van der Waals surface area contributed by atoms with Gasteiger partial charge in [-0.25, -0.2) is 0 Å². The van der Waals surface area contributed by atoms with Gasteiger partial charge in [0.05, 0.1) is 13.2 Å². The number of carbonyl (C=O) groups excluding carboxylic acids is 1. The molecule has 1 aliphatic heterocycles. The number of rotatable bonds is 1. The van der Waals surface area contributed by atoms with Crippen molar-refractivity contribution < 1.29 is 9.53 Å². The molecule has 0 unspecified atom stereocenters. The van der Waals surface area contributed by atoms with E-state index < -0.39 is 0 Å². The van der Waals surface area contributed by atoms with E-state index in [0.29, 0.717) is 6.42 Å². The molecule has 0 aliphatic carbocycles. The maximum atomic E-state index is 9.17. The second-order valence-electron chi connectivity index (χ2n) is 2.49. The van der Waals surface area contributed by atoms with E-state index in [9.17, 15) is 4.79 Å². The molecule has 0 bridgehead atoms. The summed E-state index contributed by atoms with van der Waals surface area (Å²) in [5.74, 6) is 0. The largest absolute Gasteiger partial charge is 0.379 e. The van der Waals surface area contributed by atoms with Crippen molar-refractivity contribution >= 4 is 6.29 Å². The summed E-state index contributed by atoms with van der Waals surface area (Å²) in [6, 6.07) is 0. The highest BCUT2D eigenvalue weighted by atomic mass is 16.5. The zero-order valence-electron chi connectivity index (χ0n) is 7.38. The highest BCUT2D eigenvalue weighted by molar-refractivity contribution is 5.48. The van der Waals surface area contributed by atoms with Crippen LogP contribution in [0.5, 0.6) is 0 Å². The van der Waals surface area contributed by atoms with E-state index in [2.05, 4.69) is 11.9 Å². The third-order valence-electron chi connectivity index (χ3n) is 1.40. The molecule has 1 saturated heterocycles. The lowest BCUT2D eigenvalue weighted by Crippen LogP contribution is -2.32. The van der Waals surface area contributed by atoms with Gasteiger partial charge in [-0.1, -0.05) is 6.92 Å². The number of carbonyl (C=O) groups is 1. The number of aldehydes is 1. The second-order valence-corrected chi connectivity index (χ2v) is 2.49. The van der Waals surface area contributed by atoms with Crippen molar-refractivity contribution in [3.05, 3.63) is 0 Å². The molecule has 1 aliphatic rings. The molecule has 1 rings (SSSR count). The number of ether oxygens (including phenoxy) is 1. The Morgan fingerprint density at radius 3 is 2.09 bits per heavy atom. The van der Waals surface area contributed by atoms with Gasteiger partial charge in [0, 0.05) is 19.5 Å². The van der Waals surface area contributed by atoms with E-state index in [1.54, 1.807) is 0 Å². The van der Waals surface area contributed by atoms with E-state index in [1.807, 2.05) is 6.92 Å². The van der Waals surface area contributed by atoms with E-state index in [1.165, 1.54) is 0 Å². The summed E-state index contributed by atoms with van der Waals surface area (Å²) in [7, 11) is 2.11. The summed E-state index contributed by atoms with van der Waals surface area (Å²) in [5.41, 5.74) is 0.